The lowest BCUT2D eigenvalue weighted by Crippen LogP contribution is -2.46. The van der Waals surface area contributed by atoms with Gasteiger partial charge in [0.2, 0.25) is 5.91 Å². The molecule has 19 heavy (non-hydrogen) atoms. The summed E-state index contributed by atoms with van der Waals surface area (Å²) in [5, 5.41) is 0. The van der Waals surface area contributed by atoms with E-state index in [2.05, 4.69) is 38.1 Å². The van der Waals surface area contributed by atoms with Crippen LogP contribution in [0.5, 0.6) is 0 Å². The van der Waals surface area contributed by atoms with Crippen LogP contribution in [0.2, 0.25) is 0 Å². The van der Waals surface area contributed by atoms with E-state index in [9.17, 15) is 4.79 Å². The first kappa shape index (κ1) is 14.1. The summed E-state index contributed by atoms with van der Waals surface area (Å²) in [7, 11) is 1.86. The van der Waals surface area contributed by atoms with Crippen LogP contribution in [0.25, 0.3) is 0 Å². The van der Waals surface area contributed by atoms with Gasteiger partial charge < -0.3 is 10.6 Å². The maximum absolute atomic E-state index is 11.8. The molecular formula is C16H24N2O. The molecule has 2 atom stereocenters. The molecule has 0 aromatic heterocycles. The third-order valence-electron chi connectivity index (χ3n) is 3.87. The van der Waals surface area contributed by atoms with Crippen molar-refractivity contribution in [2.45, 2.75) is 45.2 Å². The van der Waals surface area contributed by atoms with E-state index in [-0.39, 0.29) is 18.0 Å². The number of hydrogen-bond donors (Lipinski definition) is 1. The molecule has 1 aromatic rings. The lowest BCUT2D eigenvalue weighted by molar-refractivity contribution is -0.135. The molecule has 1 aliphatic rings. The third kappa shape index (κ3) is 3.16. The van der Waals surface area contributed by atoms with Gasteiger partial charge in [0.25, 0.3) is 0 Å². The second-order valence-electron chi connectivity index (χ2n) is 5.99. The number of amides is 1. The van der Waals surface area contributed by atoms with Crippen molar-refractivity contribution >= 4 is 5.91 Å². The van der Waals surface area contributed by atoms with Crippen LogP contribution in [0, 0.1) is 5.92 Å². The summed E-state index contributed by atoms with van der Waals surface area (Å²) >= 11 is 0. The van der Waals surface area contributed by atoms with Gasteiger partial charge in [-0.05, 0) is 29.9 Å². The van der Waals surface area contributed by atoms with Crippen LogP contribution in [0.3, 0.4) is 0 Å². The van der Waals surface area contributed by atoms with Crippen LogP contribution in [0.4, 0.5) is 0 Å². The van der Waals surface area contributed by atoms with Gasteiger partial charge in [0.1, 0.15) is 0 Å². The number of rotatable bonds is 3. The minimum Gasteiger partial charge on any atom is -0.337 e. The highest BCUT2D eigenvalue weighted by Gasteiger charge is 2.32. The van der Waals surface area contributed by atoms with Crippen molar-refractivity contribution in [1.82, 2.24) is 4.90 Å². The fourth-order valence-corrected chi connectivity index (χ4v) is 2.86. The van der Waals surface area contributed by atoms with Gasteiger partial charge >= 0.3 is 0 Å². The monoisotopic (exact) mass is 260 g/mol. The van der Waals surface area contributed by atoms with Gasteiger partial charge in [0.05, 0.1) is 6.04 Å². The fourth-order valence-electron chi connectivity index (χ4n) is 2.86. The predicted molar refractivity (Wildman–Crippen MR) is 77.7 cm³/mol. The second-order valence-corrected chi connectivity index (χ2v) is 5.99. The molecule has 3 heteroatoms. The number of piperidine rings is 1. The van der Waals surface area contributed by atoms with Crippen molar-refractivity contribution < 1.29 is 4.79 Å². The molecule has 1 aromatic carbocycles. The first-order valence-corrected chi connectivity index (χ1v) is 7.09. The SMILES string of the molecule is CC(C)Cc1ccc(C2C(N)CCC(=O)N2C)cc1. The largest absolute Gasteiger partial charge is 0.337 e. The highest BCUT2D eigenvalue weighted by molar-refractivity contribution is 5.77. The Labute approximate surface area is 115 Å². The highest BCUT2D eigenvalue weighted by atomic mass is 16.2. The van der Waals surface area contributed by atoms with Crippen LogP contribution in [-0.4, -0.2) is 23.9 Å². The van der Waals surface area contributed by atoms with Crippen LogP contribution < -0.4 is 5.73 Å². The van der Waals surface area contributed by atoms with Crippen molar-refractivity contribution in [3.63, 3.8) is 0 Å². The molecule has 104 valence electrons. The van der Waals surface area contributed by atoms with Gasteiger partial charge in [-0.2, -0.15) is 0 Å². The molecule has 2 N–H and O–H groups in total. The van der Waals surface area contributed by atoms with Crippen LogP contribution in [0.15, 0.2) is 24.3 Å². The molecule has 1 heterocycles. The van der Waals surface area contributed by atoms with E-state index in [0.717, 1.165) is 18.4 Å². The molecule has 2 rings (SSSR count). The maximum atomic E-state index is 11.8. The van der Waals surface area contributed by atoms with Crippen molar-refractivity contribution in [3.05, 3.63) is 35.4 Å². The summed E-state index contributed by atoms with van der Waals surface area (Å²) in [6.45, 7) is 4.44. The summed E-state index contributed by atoms with van der Waals surface area (Å²) in [4.78, 5) is 13.6. The van der Waals surface area contributed by atoms with Gasteiger partial charge in [0, 0.05) is 19.5 Å². The topological polar surface area (TPSA) is 46.3 Å². The Hall–Kier alpha value is -1.35. The molecule has 0 saturated carbocycles. The van der Waals surface area contributed by atoms with E-state index in [4.69, 9.17) is 5.73 Å². The summed E-state index contributed by atoms with van der Waals surface area (Å²) in [6, 6.07) is 8.63. The van der Waals surface area contributed by atoms with E-state index in [1.807, 2.05) is 7.05 Å². The zero-order chi connectivity index (χ0) is 14.0. The molecule has 0 spiro atoms. The number of likely N-dealkylation sites (N-methyl/N-ethyl adjacent to an activating group) is 1. The molecule has 1 aliphatic heterocycles. The molecule has 0 bridgehead atoms. The average Bonchev–Trinajstić information content (AvgIpc) is 2.36. The summed E-state index contributed by atoms with van der Waals surface area (Å²) in [5.74, 6) is 0.852. The smallest absolute Gasteiger partial charge is 0.222 e. The fraction of sp³-hybridized carbons (Fsp3) is 0.562. The summed E-state index contributed by atoms with van der Waals surface area (Å²) < 4.78 is 0. The third-order valence-corrected chi connectivity index (χ3v) is 3.87. The normalized spacial score (nSPS) is 24.1. The zero-order valence-electron chi connectivity index (χ0n) is 12.1. The Kier molecular flexibility index (Phi) is 4.25. The minimum absolute atomic E-state index is 0.0225. The van der Waals surface area contributed by atoms with Crippen molar-refractivity contribution in [3.8, 4) is 0 Å². The number of hydrogen-bond acceptors (Lipinski definition) is 2. The Morgan fingerprint density at radius 3 is 2.53 bits per heavy atom. The highest BCUT2D eigenvalue weighted by Crippen LogP contribution is 2.29. The standard InChI is InChI=1S/C16H24N2O/c1-11(2)10-12-4-6-13(7-5-12)16-14(17)8-9-15(19)18(16)3/h4-7,11,14,16H,8-10,17H2,1-3H3. The van der Waals surface area contributed by atoms with Crippen LogP contribution >= 0.6 is 0 Å². The molecule has 3 nitrogen and oxygen atoms in total. The Morgan fingerprint density at radius 1 is 1.32 bits per heavy atom. The number of carbonyl (C=O) groups is 1. The number of nitrogens with zero attached hydrogens (tertiary/aromatic N) is 1. The summed E-state index contributed by atoms with van der Waals surface area (Å²) in [6.07, 6.45) is 2.44. The van der Waals surface area contributed by atoms with Crippen molar-refractivity contribution in [2.75, 3.05) is 7.05 Å². The predicted octanol–water partition coefficient (Wildman–Crippen LogP) is 2.51. The van der Waals surface area contributed by atoms with Crippen molar-refractivity contribution in [2.24, 2.45) is 11.7 Å². The number of benzene rings is 1. The second kappa shape index (κ2) is 5.74. The van der Waals surface area contributed by atoms with Gasteiger partial charge in [-0.3, -0.25) is 4.79 Å². The quantitative estimate of drug-likeness (QED) is 0.907. The number of likely N-dealkylation sites (tertiary alicyclic amines) is 1. The molecule has 1 amide bonds. The molecule has 1 fully saturated rings. The molecule has 1 saturated heterocycles. The van der Waals surface area contributed by atoms with Gasteiger partial charge in [0.15, 0.2) is 0 Å². The molecule has 0 aliphatic carbocycles. The first-order chi connectivity index (χ1) is 8.99. The maximum Gasteiger partial charge on any atom is 0.222 e. The first-order valence-electron chi connectivity index (χ1n) is 7.09. The average molecular weight is 260 g/mol. The Morgan fingerprint density at radius 2 is 1.95 bits per heavy atom. The van der Waals surface area contributed by atoms with Gasteiger partial charge in [-0.25, -0.2) is 0 Å². The van der Waals surface area contributed by atoms with E-state index < -0.39 is 0 Å². The zero-order valence-corrected chi connectivity index (χ0v) is 12.1. The minimum atomic E-state index is 0.0225. The van der Waals surface area contributed by atoms with E-state index in [1.54, 1.807) is 4.90 Å². The van der Waals surface area contributed by atoms with Crippen LogP contribution in [-0.2, 0) is 11.2 Å². The molecular weight excluding hydrogens is 236 g/mol. The van der Waals surface area contributed by atoms with Crippen molar-refractivity contribution in [1.29, 1.82) is 0 Å². The summed E-state index contributed by atoms with van der Waals surface area (Å²) in [5.41, 5.74) is 8.68. The molecule has 0 radical (unpaired) electrons. The molecule has 2 unspecified atom stereocenters. The van der Waals surface area contributed by atoms with Gasteiger partial charge in [-0.1, -0.05) is 38.1 Å². The lowest BCUT2D eigenvalue weighted by atomic mass is 9.90. The van der Waals surface area contributed by atoms with E-state index >= 15 is 0 Å². The van der Waals surface area contributed by atoms with Gasteiger partial charge in [-0.15, -0.1) is 0 Å². The number of carbonyl (C=O) groups excluding carboxylic acids is 1. The number of nitrogens with two attached hydrogens (primary N) is 1. The Balaban J connectivity index is 2.18. The van der Waals surface area contributed by atoms with E-state index in [1.165, 1.54) is 5.56 Å². The Bertz CT molecular complexity index is 439. The van der Waals surface area contributed by atoms with Crippen LogP contribution in [0.1, 0.15) is 43.9 Å². The lowest BCUT2D eigenvalue weighted by Gasteiger charge is -2.37. The van der Waals surface area contributed by atoms with E-state index in [0.29, 0.717) is 12.3 Å².